The van der Waals surface area contributed by atoms with Crippen LogP contribution in [0.2, 0.25) is 0 Å². The van der Waals surface area contributed by atoms with Gasteiger partial charge in [0.15, 0.2) is 0 Å². The van der Waals surface area contributed by atoms with Gasteiger partial charge in [-0.25, -0.2) is 0 Å². The van der Waals surface area contributed by atoms with Crippen LogP contribution in [0.4, 0.5) is 0 Å². The molecule has 1 aromatic carbocycles. The van der Waals surface area contributed by atoms with E-state index < -0.39 is 0 Å². The number of nitrogens with zero attached hydrogens (tertiary/aromatic N) is 2. The van der Waals surface area contributed by atoms with Crippen molar-refractivity contribution < 1.29 is 4.74 Å². The minimum atomic E-state index is 0.462. The number of rotatable bonds is 6. The largest absolute Gasteiger partial charge is 0.494 e. The summed E-state index contributed by atoms with van der Waals surface area (Å²) in [5.41, 5.74) is 6.34. The molecule has 0 radical (unpaired) electrons. The highest BCUT2D eigenvalue weighted by Gasteiger charge is 2.19. The van der Waals surface area contributed by atoms with Crippen LogP contribution in [0.3, 0.4) is 0 Å². The van der Waals surface area contributed by atoms with Crippen LogP contribution in [0.5, 0.6) is 5.75 Å². The molecule has 114 valence electrons. The smallest absolute Gasteiger partial charge is 0.122 e. The van der Waals surface area contributed by atoms with Crippen LogP contribution in [0.1, 0.15) is 54.1 Å². The normalized spacial score (nSPS) is 12.4. The molecule has 0 aliphatic carbocycles. The van der Waals surface area contributed by atoms with Crippen molar-refractivity contribution in [3.63, 3.8) is 0 Å². The Morgan fingerprint density at radius 2 is 1.95 bits per heavy atom. The van der Waals surface area contributed by atoms with Crippen LogP contribution in [0, 0.1) is 20.8 Å². The Kier molecular flexibility index (Phi) is 4.99. The Hall–Kier alpha value is -1.84. The second-order valence-electron chi connectivity index (χ2n) is 5.56. The summed E-state index contributed by atoms with van der Waals surface area (Å²) in [5, 5.41) is 10.8. The first-order valence-electron chi connectivity index (χ1n) is 7.66. The number of hydrogen-bond donors (Lipinski definition) is 1. The fourth-order valence-electron chi connectivity index (χ4n) is 3.03. The van der Waals surface area contributed by atoms with Gasteiger partial charge in [0.25, 0.3) is 0 Å². The van der Waals surface area contributed by atoms with Crippen molar-refractivity contribution in [1.29, 1.82) is 0 Å². The Morgan fingerprint density at radius 1 is 1.19 bits per heavy atom. The quantitative estimate of drug-likeness (QED) is 0.877. The molecule has 2 aromatic rings. The summed E-state index contributed by atoms with van der Waals surface area (Å²) < 4.78 is 5.75. The molecule has 0 aliphatic heterocycles. The van der Waals surface area contributed by atoms with E-state index in [2.05, 4.69) is 49.2 Å². The third kappa shape index (κ3) is 3.26. The standard InChI is InChI=1S/C17H25N3O/c1-6-14(9-15-10-18-20-19-15)17-11(3)8-16(21-7-2)12(4)13(17)5/h8,10,14H,6-7,9H2,1-5H3,(H,18,19,20). The summed E-state index contributed by atoms with van der Waals surface area (Å²) in [6.07, 6.45) is 3.82. The molecule has 1 atom stereocenters. The molecule has 0 aliphatic rings. The lowest BCUT2D eigenvalue weighted by Crippen LogP contribution is -2.09. The molecular weight excluding hydrogens is 262 g/mol. The molecule has 1 unspecified atom stereocenters. The van der Waals surface area contributed by atoms with Gasteiger partial charge < -0.3 is 4.74 Å². The Labute approximate surface area is 126 Å². The molecular formula is C17H25N3O. The predicted molar refractivity (Wildman–Crippen MR) is 84.9 cm³/mol. The number of H-pyrrole nitrogens is 1. The Bertz CT molecular complexity index is 591. The average molecular weight is 287 g/mol. The first-order chi connectivity index (χ1) is 10.1. The number of aromatic nitrogens is 3. The van der Waals surface area contributed by atoms with Gasteiger partial charge in [-0.3, -0.25) is 0 Å². The zero-order valence-electron chi connectivity index (χ0n) is 13.7. The highest BCUT2D eigenvalue weighted by atomic mass is 16.5. The van der Waals surface area contributed by atoms with E-state index in [4.69, 9.17) is 4.74 Å². The topological polar surface area (TPSA) is 50.8 Å². The van der Waals surface area contributed by atoms with Gasteiger partial charge in [0.2, 0.25) is 0 Å². The van der Waals surface area contributed by atoms with Crippen LogP contribution in [0.25, 0.3) is 0 Å². The summed E-state index contributed by atoms with van der Waals surface area (Å²) in [7, 11) is 0. The molecule has 4 nitrogen and oxygen atoms in total. The van der Waals surface area contributed by atoms with Gasteiger partial charge in [-0.1, -0.05) is 6.92 Å². The molecule has 0 bridgehead atoms. The third-order valence-corrected chi connectivity index (χ3v) is 4.23. The molecule has 1 aromatic heterocycles. The van der Waals surface area contributed by atoms with Gasteiger partial charge in [-0.2, -0.15) is 15.4 Å². The lowest BCUT2D eigenvalue weighted by atomic mass is 9.84. The van der Waals surface area contributed by atoms with Crippen LogP contribution >= 0.6 is 0 Å². The maximum absolute atomic E-state index is 5.75. The van der Waals surface area contributed by atoms with Crippen molar-refractivity contribution in [3.05, 3.63) is 40.2 Å². The van der Waals surface area contributed by atoms with Crippen molar-refractivity contribution in [3.8, 4) is 5.75 Å². The maximum atomic E-state index is 5.75. The van der Waals surface area contributed by atoms with E-state index in [-0.39, 0.29) is 0 Å². The number of nitrogens with one attached hydrogen (secondary N) is 1. The minimum Gasteiger partial charge on any atom is -0.494 e. The monoisotopic (exact) mass is 287 g/mol. The molecule has 21 heavy (non-hydrogen) atoms. The molecule has 0 spiro atoms. The van der Waals surface area contributed by atoms with Gasteiger partial charge in [-0.15, -0.1) is 0 Å². The van der Waals surface area contributed by atoms with Crippen LogP contribution in [-0.2, 0) is 6.42 Å². The third-order valence-electron chi connectivity index (χ3n) is 4.23. The molecule has 0 fully saturated rings. The van der Waals surface area contributed by atoms with Crippen molar-refractivity contribution in [2.75, 3.05) is 6.61 Å². The fourth-order valence-corrected chi connectivity index (χ4v) is 3.03. The van der Waals surface area contributed by atoms with Crippen LogP contribution in [0.15, 0.2) is 12.3 Å². The van der Waals surface area contributed by atoms with Crippen molar-refractivity contribution in [2.24, 2.45) is 0 Å². The van der Waals surface area contributed by atoms with Gasteiger partial charge >= 0.3 is 0 Å². The zero-order chi connectivity index (χ0) is 15.4. The first-order valence-corrected chi connectivity index (χ1v) is 7.66. The molecule has 1 N–H and O–H groups in total. The summed E-state index contributed by atoms with van der Waals surface area (Å²) in [5.74, 6) is 1.47. The highest BCUT2D eigenvalue weighted by Crippen LogP contribution is 2.35. The first kappa shape index (κ1) is 15.5. The van der Waals surface area contributed by atoms with Crippen molar-refractivity contribution in [1.82, 2.24) is 15.4 Å². The number of aromatic amines is 1. The van der Waals surface area contributed by atoms with E-state index >= 15 is 0 Å². The molecule has 4 heteroatoms. The summed E-state index contributed by atoms with van der Waals surface area (Å²) in [4.78, 5) is 0. The van der Waals surface area contributed by atoms with Gasteiger partial charge in [0.1, 0.15) is 5.75 Å². The predicted octanol–water partition coefficient (Wildman–Crippen LogP) is 3.86. The van der Waals surface area contributed by atoms with E-state index in [1.54, 1.807) is 0 Å². The lowest BCUT2D eigenvalue weighted by molar-refractivity contribution is 0.337. The Balaban J connectivity index is 2.39. The lowest BCUT2D eigenvalue weighted by Gasteiger charge is -2.23. The van der Waals surface area contributed by atoms with Gasteiger partial charge in [0.05, 0.1) is 18.5 Å². The minimum absolute atomic E-state index is 0.462. The average Bonchev–Trinajstić information content (AvgIpc) is 2.96. The SMILES string of the molecule is CCOc1cc(C)c(C(CC)Cc2cn[nH]n2)c(C)c1C. The summed E-state index contributed by atoms with van der Waals surface area (Å²) in [6, 6.07) is 2.17. The van der Waals surface area contributed by atoms with Crippen LogP contribution in [-0.4, -0.2) is 22.0 Å². The van der Waals surface area contributed by atoms with E-state index in [1.165, 1.54) is 22.3 Å². The van der Waals surface area contributed by atoms with E-state index in [1.807, 2.05) is 13.1 Å². The second-order valence-corrected chi connectivity index (χ2v) is 5.56. The number of hydrogen-bond acceptors (Lipinski definition) is 3. The summed E-state index contributed by atoms with van der Waals surface area (Å²) in [6.45, 7) is 11.5. The molecule has 1 heterocycles. The summed E-state index contributed by atoms with van der Waals surface area (Å²) >= 11 is 0. The number of aryl methyl sites for hydroxylation is 1. The van der Waals surface area contributed by atoms with Gasteiger partial charge in [0, 0.05) is 0 Å². The second kappa shape index (κ2) is 6.74. The van der Waals surface area contributed by atoms with Crippen molar-refractivity contribution >= 4 is 0 Å². The maximum Gasteiger partial charge on any atom is 0.122 e. The van der Waals surface area contributed by atoms with Gasteiger partial charge in [-0.05, 0) is 74.8 Å². The molecule has 0 saturated heterocycles. The van der Waals surface area contributed by atoms with Crippen molar-refractivity contribution in [2.45, 2.75) is 53.4 Å². The van der Waals surface area contributed by atoms with E-state index in [9.17, 15) is 0 Å². The van der Waals surface area contributed by atoms with Crippen LogP contribution < -0.4 is 4.74 Å². The van der Waals surface area contributed by atoms with E-state index in [0.717, 1.165) is 24.3 Å². The number of ether oxygens (including phenoxy) is 1. The zero-order valence-corrected chi connectivity index (χ0v) is 13.7. The van der Waals surface area contributed by atoms with E-state index in [0.29, 0.717) is 12.5 Å². The Morgan fingerprint density at radius 3 is 2.52 bits per heavy atom. The number of benzene rings is 1. The molecule has 0 saturated carbocycles. The highest BCUT2D eigenvalue weighted by molar-refractivity contribution is 5.49. The molecule has 0 amide bonds. The fraction of sp³-hybridized carbons (Fsp3) is 0.529. The molecule has 2 rings (SSSR count).